The number of para-hydroxylation sites is 1. The molecule has 0 aliphatic carbocycles. The third-order valence-corrected chi connectivity index (χ3v) is 3.69. The average molecular weight is 272 g/mol. The number of aromatic nitrogens is 2. The van der Waals surface area contributed by atoms with Gasteiger partial charge in [0.25, 0.3) is 0 Å². The van der Waals surface area contributed by atoms with Gasteiger partial charge in [0.1, 0.15) is 5.78 Å². The van der Waals surface area contributed by atoms with E-state index >= 15 is 0 Å². The van der Waals surface area contributed by atoms with Crippen LogP contribution in [0.1, 0.15) is 46.2 Å². The van der Waals surface area contributed by atoms with Gasteiger partial charge in [-0.2, -0.15) is 5.10 Å². The van der Waals surface area contributed by atoms with Crippen LogP contribution in [0.4, 0.5) is 0 Å². The molecule has 20 heavy (non-hydrogen) atoms. The molecule has 3 heteroatoms. The maximum Gasteiger partial charge on any atom is 0.138 e. The van der Waals surface area contributed by atoms with Crippen LogP contribution in [0, 0.1) is 5.41 Å². The number of nitrogens with zero attached hydrogens (tertiary/aromatic N) is 2. The van der Waals surface area contributed by atoms with Gasteiger partial charge >= 0.3 is 0 Å². The number of rotatable bonds is 5. The predicted molar refractivity (Wildman–Crippen MR) is 82.8 cm³/mol. The standard InChI is InChI=1S/C17H24N2O/c1-5-19-15-11-7-6-9-13(15)14(18-19)10-8-12-16(20)17(2,3)4/h6-7,9,11H,5,8,10,12H2,1-4H3. The van der Waals surface area contributed by atoms with Gasteiger partial charge < -0.3 is 0 Å². The summed E-state index contributed by atoms with van der Waals surface area (Å²) in [6.45, 7) is 8.93. The largest absolute Gasteiger partial charge is 0.299 e. The van der Waals surface area contributed by atoms with Crippen molar-refractivity contribution in [3.05, 3.63) is 30.0 Å². The van der Waals surface area contributed by atoms with Gasteiger partial charge in [-0.25, -0.2) is 0 Å². The minimum absolute atomic E-state index is 0.231. The minimum atomic E-state index is -0.231. The number of aryl methyl sites for hydroxylation is 2. The molecule has 0 aliphatic heterocycles. The van der Waals surface area contributed by atoms with E-state index in [2.05, 4.69) is 24.2 Å². The Morgan fingerprint density at radius 2 is 1.95 bits per heavy atom. The number of benzene rings is 1. The Morgan fingerprint density at radius 3 is 2.60 bits per heavy atom. The Labute approximate surface area is 121 Å². The summed E-state index contributed by atoms with van der Waals surface area (Å²) < 4.78 is 2.04. The molecular formula is C17H24N2O. The third-order valence-electron chi connectivity index (χ3n) is 3.69. The fraction of sp³-hybridized carbons (Fsp3) is 0.529. The molecule has 0 unspecified atom stereocenters. The predicted octanol–water partition coefficient (Wildman–Crippen LogP) is 3.99. The Hall–Kier alpha value is -1.64. The molecule has 1 heterocycles. The number of hydrogen-bond donors (Lipinski definition) is 0. The second-order valence-electron chi connectivity index (χ2n) is 6.31. The Morgan fingerprint density at radius 1 is 1.25 bits per heavy atom. The second kappa shape index (κ2) is 5.78. The van der Waals surface area contributed by atoms with E-state index in [0.717, 1.165) is 25.1 Å². The zero-order valence-corrected chi connectivity index (χ0v) is 12.9. The van der Waals surface area contributed by atoms with Crippen LogP contribution >= 0.6 is 0 Å². The maximum atomic E-state index is 12.0. The Bertz CT molecular complexity index is 605. The molecule has 0 bridgehead atoms. The molecule has 3 nitrogen and oxygen atoms in total. The van der Waals surface area contributed by atoms with Crippen LogP contribution < -0.4 is 0 Å². The molecule has 108 valence electrons. The van der Waals surface area contributed by atoms with Crippen molar-refractivity contribution < 1.29 is 4.79 Å². The quantitative estimate of drug-likeness (QED) is 0.824. The van der Waals surface area contributed by atoms with Crippen LogP contribution in [-0.4, -0.2) is 15.6 Å². The first kappa shape index (κ1) is 14.8. The van der Waals surface area contributed by atoms with Crippen molar-refractivity contribution in [2.45, 2.75) is 53.5 Å². The molecular weight excluding hydrogens is 248 g/mol. The molecule has 0 spiro atoms. The molecule has 0 radical (unpaired) electrons. The average Bonchev–Trinajstić information content (AvgIpc) is 2.76. The number of Topliss-reactive ketones (excluding diaryl/α,β-unsaturated/α-hetero) is 1. The van der Waals surface area contributed by atoms with Gasteiger partial charge in [0.2, 0.25) is 0 Å². The van der Waals surface area contributed by atoms with Gasteiger partial charge in [-0.3, -0.25) is 9.48 Å². The van der Waals surface area contributed by atoms with E-state index in [0.29, 0.717) is 12.2 Å². The Balaban J connectivity index is 2.09. The first-order valence-electron chi connectivity index (χ1n) is 7.41. The van der Waals surface area contributed by atoms with Crippen LogP contribution in [0.3, 0.4) is 0 Å². The van der Waals surface area contributed by atoms with E-state index in [9.17, 15) is 4.79 Å². The molecule has 0 amide bonds. The maximum absolute atomic E-state index is 12.0. The fourth-order valence-electron chi connectivity index (χ4n) is 2.41. The topological polar surface area (TPSA) is 34.9 Å². The van der Waals surface area contributed by atoms with Crippen LogP contribution in [0.15, 0.2) is 24.3 Å². The molecule has 1 aromatic carbocycles. The molecule has 2 aromatic rings. The summed E-state index contributed by atoms with van der Waals surface area (Å²) in [5.74, 6) is 0.330. The highest BCUT2D eigenvalue weighted by Crippen LogP contribution is 2.22. The van der Waals surface area contributed by atoms with Gasteiger partial charge in [0.05, 0.1) is 11.2 Å². The third kappa shape index (κ3) is 3.09. The second-order valence-corrected chi connectivity index (χ2v) is 6.31. The van der Waals surface area contributed by atoms with Crippen LogP contribution in [0.25, 0.3) is 10.9 Å². The fourth-order valence-corrected chi connectivity index (χ4v) is 2.41. The van der Waals surface area contributed by atoms with Crippen molar-refractivity contribution in [2.75, 3.05) is 0 Å². The summed E-state index contributed by atoms with van der Waals surface area (Å²) in [4.78, 5) is 12.0. The molecule has 0 saturated carbocycles. The van der Waals surface area contributed by atoms with Gasteiger partial charge in [-0.15, -0.1) is 0 Å². The van der Waals surface area contributed by atoms with Crippen LogP contribution in [0.2, 0.25) is 0 Å². The number of carbonyl (C=O) groups is 1. The van der Waals surface area contributed by atoms with E-state index in [1.165, 1.54) is 10.9 Å². The van der Waals surface area contributed by atoms with Crippen molar-refractivity contribution in [3.8, 4) is 0 Å². The lowest BCUT2D eigenvalue weighted by Crippen LogP contribution is -2.19. The smallest absolute Gasteiger partial charge is 0.138 e. The van der Waals surface area contributed by atoms with Crippen LogP contribution in [0.5, 0.6) is 0 Å². The van der Waals surface area contributed by atoms with Gasteiger partial charge in [0.15, 0.2) is 0 Å². The molecule has 0 saturated heterocycles. The van der Waals surface area contributed by atoms with Crippen molar-refractivity contribution in [3.63, 3.8) is 0 Å². The molecule has 2 rings (SSSR count). The first-order valence-corrected chi connectivity index (χ1v) is 7.41. The number of fused-ring (bicyclic) bond motifs is 1. The molecule has 0 aliphatic rings. The SMILES string of the molecule is CCn1nc(CCCC(=O)C(C)(C)C)c2ccccc21. The number of carbonyl (C=O) groups excluding carboxylic acids is 1. The molecule has 1 aromatic heterocycles. The van der Waals surface area contributed by atoms with Crippen molar-refractivity contribution in [1.82, 2.24) is 9.78 Å². The van der Waals surface area contributed by atoms with Crippen molar-refractivity contribution >= 4 is 16.7 Å². The summed E-state index contributed by atoms with van der Waals surface area (Å²) in [7, 11) is 0. The summed E-state index contributed by atoms with van der Waals surface area (Å²) in [6, 6.07) is 8.32. The van der Waals surface area contributed by atoms with Gasteiger partial charge in [-0.1, -0.05) is 39.0 Å². The zero-order chi connectivity index (χ0) is 14.8. The summed E-state index contributed by atoms with van der Waals surface area (Å²) in [5.41, 5.74) is 2.07. The first-order chi connectivity index (χ1) is 9.43. The van der Waals surface area contributed by atoms with Crippen LogP contribution in [-0.2, 0) is 17.8 Å². The lowest BCUT2D eigenvalue weighted by Gasteiger charge is -2.15. The highest BCUT2D eigenvalue weighted by Gasteiger charge is 2.20. The van der Waals surface area contributed by atoms with E-state index in [4.69, 9.17) is 0 Å². The summed E-state index contributed by atoms with van der Waals surface area (Å²) >= 11 is 0. The van der Waals surface area contributed by atoms with Crippen molar-refractivity contribution in [1.29, 1.82) is 0 Å². The Kier molecular flexibility index (Phi) is 4.26. The van der Waals surface area contributed by atoms with Crippen molar-refractivity contribution in [2.24, 2.45) is 5.41 Å². The lowest BCUT2D eigenvalue weighted by molar-refractivity contribution is -0.126. The van der Waals surface area contributed by atoms with E-state index in [1.807, 2.05) is 37.6 Å². The van der Waals surface area contributed by atoms with E-state index < -0.39 is 0 Å². The highest BCUT2D eigenvalue weighted by molar-refractivity contribution is 5.84. The summed E-state index contributed by atoms with van der Waals surface area (Å²) in [5, 5.41) is 5.89. The van der Waals surface area contributed by atoms with E-state index in [-0.39, 0.29) is 5.41 Å². The molecule has 0 fully saturated rings. The minimum Gasteiger partial charge on any atom is -0.299 e. The number of ketones is 1. The zero-order valence-electron chi connectivity index (χ0n) is 12.9. The number of hydrogen-bond acceptors (Lipinski definition) is 2. The molecule has 0 atom stereocenters. The van der Waals surface area contributed by atoms with Gasteiger partial charge in [0, 0.05) is 23.8 Å². The molecule has 0 N–H and O–H groups in total. The van der Waals surface area contributed by atoms with E-state index in [1.54, 1.807) is 0 Å². The van der Waals surface area contributed by atoms with Gasteiger partial charge in [-0.05, 0) is 25.8 Å². The monoisotopic (exact) mass is 272 g/mol. The highest BCUT2D eigenvalue weighted by atomic mass is 16.1. The normalized spacial score (nSPS) is 12.0. The summed E-state index contributed by atoms with van der Waals surface area (Å²) in [6.07, 6.45) is 2.38. The lowest BCUT2D eigenvalue weighted by atomic mass is 9.88.